The number of aliphatic imine (C=N–C) groups is 1. The first-order valence-corrected chi connectivity index (χ1v) is 12.2. The molecule has 0 aliphatic heterocycles. The Morgan fingerprint density at radius 2 is 1.34 bits per heavy atom. The number of guanidine groups is 1. The van der Waals surface area contributed by atoms with Crippen molar-refractivity contribution in [1.82, 2.24) is 4.90 Å². The van der Waals surface area contributed by atoms with Crippen molar-refractivity contribution in [3.05, 3.63) is 102 Å². The molecule has 3 aromatic rings. The Morgan fingerprint density at radius 3 is 1.82 bits per heavy atom. The van der Waals surface area contributed by atoms with E-state index >= 15 is 0 Å². The normalized spacial score (nSPS) is 11.4. The summed E-state index contributed by atoms with van der Waals surface area (Å²) < 4.78 is 0. The maximum Gasteiger partial charge on any atom is 0.316 e. The van der Waals surface area contributed by atoms with E-state index in [1.165, 1.54) is 4.90 Å². The van der Waals surface area contributed by atoms with Gasteiger partial charge in [-0.3, -0.25) is 14.6 Å². The quantitative estimate of drug-likeness (QED) is 0.140. The van der Waals surface area contributed by atoms with Gasteiger partial charge >= 0.3 is 6.03 Å². The van der Waals surface area contributed by atoms with Crippen LogP contribution in [0.2, 0.25) is 0 Å². The van der Waals surface area contributed by atoms with Gasteiger partial charge in [-0.15, -0.1) is 0 Å². The summed E-state index contributed by atoms with van der Waals surface area (Å²) in [6, 6.07) is 24.0. The molecule has 0 spiro atoms. The summed E-state index contributed by atoms with van der Waals surface area (Å²) in [5, 5.41) is 2.51. The van der Waals surface area contributed by atoms with Gasteiger partial charge in [0.15, 0.2) is 5.96 Å². The third kappa shape index (κ3) is 7.82. The van der Waals surface area contributed by atoms with E-state index in [2.05, 4.69) is 10.3 Å². The topological polar surface area (TPSA) is 183 Å². The largest absolute Gasteiger partial charge is 0.370 e. The molecule has 0 bridgehead atoms. The molecule has 198 valence electrons. The standard InChI is InChI=1S/C28H33N7O3/c29-25(36)23(12-7-17-33-27(30)31)35(18-19-13-15-22(16-14-19)34-28(32)38)26(37)24(20-8-3-1-4-9-20)21-10-5-2-6-11-21/h1-6,8-11,13-16,23-24H,7,12,17-18H2,(H2,29,36)(H4,30,31,33)(H3,32,34,38)/t23-/m0/s1. The van der Waals surface area contributed by atoms with E-state index in [-0.39, 0.29) is 24.8 Å². The second-order valence-electron chi connectivity index (χ2n) is 8.77. The van der Waals surface area contributed by atoms with E-state index in [0.717, 1.165) is 16.7 Å². The fourth-order valence-corrected chi connectivity index (χ4v) is 4.25. The highest BCUT2D eigenvalue weighted by molar-refractivity contribution is 5.92. The molecule has 4 amide bonds. The van der Waals surface area contributed by atoms with Crippen LogP contribution in [0.25, 0.3) is 0 Å². The minimum absolute atomic E-state index is 0.0496. The van der Waals surface area contributed by atoms with E-state index in [9.17, 15) is 14.4 Å². The Morgan fingerprint density at radius 1 is 0.789 bits per heavy atom. The van der Waals surface area contributed by atoms with Crippen molar-refractivity contribution in [3.63, 3.8) is 0 Å². The van der Waals surface area contributed by atoms with Crippen LogP contribution < -0.4 is 28.3 Å². The number of carbonyl (C=O) groups is 3. The Labute approximate surface area is 221 Å². The Kier molecular flexibility index (Phi) is 9.81. The Bertz CT molecular complexity index is 1200. The number of benzene rings is 3. The van der Waals surface area contributed by atoms with Crippen molar-refractivity contribution >= 4 is 29.5 Å². The van der Waals surface area contributed by atoms with Crippen molar-refractivity contribution < 1.29 is 14.4 Å². The van der Waals surface area contributed by atoms with E-state index in [0.29, 0.717) is 18.7 Å². The zero-order chi connectivity index (χ0) is 27.5. The molecule has 0 aromatic heterocycles. The van der Waals surface area contributed by atoms with Crippen LogP contribution in [0.5, 0.6) is 0 Å². The van der Waals surface area contributed by atoms with Gasteiger partial charge in [0, 0.05) is 18.8 Å². The lowest BCUT2D eigenvalue weighted by Crippen LogP contribution is -2.49. The van der Waals surface area contributed by atoms with Gasteiger partial charge in [-0.05, 0) is 41.7 Å². The molecule has 38 heavy (non-hydrogen) atoms. The second kappa shape index (κ2) is 13.4. The van der Waals surface area contributed by atoms with Gasteiger partial charge in [-0.2, -0.15) is 0 Å². The highest BCUT2D eigenvalue weighted by atomic mass is 16.2. The first-order chi connectivity index (χ1) is 18.3. The average Bonchev–Trinajstić information content (AvgIpc) is 2.89. The van der Waals surface area contributed by atoms with Crippen molar-refractivity contribution in [2.45, 2.75) is 31.3 Å². The predicted molar refractivity (Wildman–Crippen MR) is 148 cm³/mol. The van der Waals surface area contributed by atoms with Crippen LogP contribution in [0.15, 0.2) is 89.9 Å². The number of nitrogens with zero attached hydrogens (tertiary/aromatic N) is 2. The van der Waals surface area contributed by atoms with Crippen LogP contribution in [-0.2, 0) is 16.1 Å². The molecule has 0 saturated heterocycles. The molecule has 3 rings (SSSR count). The lowest BCUT2D eigenvalue weighted by atomic mass is 9.89. The summed E-state index contributed by atoms with van der Waals surface area (Å²) in [5.41, 5.74) is 24.7. The lowest BCUT2D eigenvalue weighted by Gasteiger charge is -2.33. The van der Waals surface area contributed by atoms with Crippen LogP contribution in [0, 0.1) is 0 Å². The van der Waals surface area contributed by atoms with E-state index in [1.54, 1.807) is 24.3 Å². The molecule has 10 heteroatoms. The van der Waals surface area contributed by atoms with Crippen LogP contribution >= 0.6 is 0 Å². The number of anilines is 1. The number of nitrogens with one attached hydrogen (secondary N) is 1. The smallest absolute Gasteiger partial charge is 0.316 e. The summed E-state index contributed by atoms with van der Waals surface area (Å²) in [6.45, 7) is 0.407. The molecule has 0 unspecified atom stereocenters. The van der Waals surface area contributed by atoms with Crippen LogP contribution in [0.3, 0.4) is 0 Å². The summed E-state index contributed by atoms with van der Waals surface area (Å²) >= 11 is 0. The van der Waals surface area contributed by atoms with Crippen LogP contribution in [-0.4, -0.2) is 41.3 Å². The first-order valence-electron chi connectivity index (χ1n) is 12.2. The molecule has 3 aromatic carbocycles. The highest BCUT2D eigenvalue weighted by Gasteiger charge is 2.34. The van der Waals surface area contributed by atoms with Gasteiger partial charge in [-0.1, -0.05) is 72.8 Å². The minimum atomic E-state index is -0.907. The van der Waals surface area contributed by atoms with E-state index < -0.39 is 23.9 Å². The average molecular weight is 516 g/mol. The predicted octanol–water partition coefficient (Wildman–Crippen LogP) is 2.25. The molecule has 9 N–H and O–H groups in total. The highest BCUT2D eigenvalue weighted by Crippen LogP contribution is 2.29. The number of primary amides is 2. The molecule has 0 radical (unpaired) electrons. The molecular formula is C28H33N7O3. The molecule has 1 atom stereocenters. The number of nitrogens with two attached hydrogens (primary N) is 4. The third-order valence-corrected chi connectivity index (χ3v) is 6.00. The minimum Gasteiger partial charge on any atom is -0.370 e. The first kappa shape index (κ1) is 27.7. The van der Waals surface area contributed by atoms with Gasteiger partial charge in [0.1, 0.15) is 6.04 Å². The summed E-state index contributed by atoms with van der Waals surface area (Å²) in [7, 11) is 0. The number of urea groups is 1. The van der Waals surface area contributed by atoms with Gasteiger partial charge < -0.3 is 33.2 Å². The summed E-state index contributed by atoms with van der Waals surface area (Å²) in [4.78, 5) is 43.7. The van der Waals surface area contributed by atoms with Gasteiger partial charge in [0.25, 0.3) is 0 Å². The summed E-state index contributed by atoms with van der Waals surface area (Å²) in [6.07, 6.45) is 0.716. The van der Waals surface area contributed by atoms with Crippen molar-refractivity contribution in [3.8, 4) is 0 Å². The molecule has 0 aliphatic carbocycles. The second-order valence-corrected chi connectivity index (χ2v) is 8.77. The maximum absolute atomic E-state index is 14.3. The monoisotopic (exact) mass is 515 g/mol. The SMILES string of the molecule is NC(=O)Nc1ccc(CN(C(=O)C(c2ccccc2)c2ccccc2)[C@@H](CCCN=C(N)N)C(N)=O)cc1. The van der Waals surface area contributed by atoms with Gasteiger partial charge in [-0.25, -0.2) is 4.79 Å². The van der Waals surface area contributed by atoms with E-state index in [4.69, 9.17) is 22.9 Å². The fourth-order valence-electron chi connectivity index (χ4n) is 4.25. The molecule has 10 nitrogen and oxygen atoms in total. The Balaban J connectivity index is 2.01. The third-order valence-electron chi connectivity index (χ3n) is 6.00. The molecule has 0 aliphatic rings. The molecular weight excluding hydrogens is 482 g/mol. The number of hydrogen-bond donors (Lipinski definition) is 5. The zero-order valence-electron chi connectivity index (χ0n) is 21.0. The van der Waals surface area contributed by atoms with Crippen molar-refractivity contribution in [2.24, 2.45) is 27.9 Å². The number of amides is 4. The van der Waals surface area contributed by atoms with Crippen LogP contribution in [0.4, 0.5) is 10.5 Å². The van der Waals surface area contributed by atoms with Crippen molar-refractivity contribution in [2.75, 3.05) is 11.9 Å². The van der Waals surface area contributed by atoms with Crippen molar-refractivity contribution in [1.29, 1.82) is 0 Å². The van der Waals surface area contributed by atoms with Crippen LogP contribution in [0.1, 0.15) is 35.4 Å². The molecule has 0 saturated carbocycles. The fraction of sp³-hybridized carbons (Fsp3) is 0.214. The van der Waals surface area contributed by atoms with E-state index in [1.807, 2.05) is 60.7 Å². The summed E-state index contributed by atoms with van der Waals surface area (Å²) in [5.74, 6) is -1.61. The zero-order valence-corrected chi connectivity index (χ0v) is 21.0. The number of carbonyl (C=O) groups excluding carboxylic acids is 3. The van der Waals surface area contributed by atoms with Gasteiger partial charge in [0.05, 0.1) is 5.92 Å². The maximum atomic E-state index is 14.3. The Hall–Kier alpha value is -4.86. The molecule has 0 heterocycles. The van der Waals surface area contributed by atoms with Gasteiger partial charge in [0.2, 0.25) is 11.8 Å². The molecule has 0 fully saturated rings. The number of rotatable bonds is 12. The lowest BCUT2D eigenvalue weighted by molar-refractivity contribution is -0.140. The number of hydrogen-bond acceptors (Lipinski definition) is 4.